The largest absolute Gasteiger partial charge is 0.269 e. The molecule has 0 heterocycles. The molecule has 19 heavy (non-hydrogen) atoms. The molecule has 0 saturated carbocycles. The van der Waals surface area contributed by atoms with Gasteiger partial charge in [-0.2, -0.15) is 4.72 Å². The maximum Gasteiger partial charge on any atom is 0.241 e. The van der Waals surface area contributed by atoms with Gasteiger partial charge in [0.05, 0.1) is 4.90 Å². The summed E-state index contributed by atoms with van der Waals surface area (Å²) < 4.78 is 26.7. The number of sulfonamides is 1. The van der Waals surface area contributed by atoms with E-state index in [1.165, 1.54) is 0 Å². The highest BCUT2D eigenvalue weighted by atomic mass is 79.9. The Hall–Kier alpha value is -1.24. The van der Waals surface area contributed by atoms with E-state index >= 15 is 0 Å². The van der Waals surface area contributed by atoms with Crippen molar-refractivity contribution in [2.75, 3.05) is 0 Å². The summed E-state index contributed by atoms with van der Waals surface area (Å²) in [7, 11) is -3.50. The summed E-state index contributed by atoms with van der Waals surface area (Å²) in [6.45, 7) is 0. The van der Waals surface area contributed by atoms with Gasteiger partial charge in [-0.05, 0) is 17.7 Å². The van der Waals surface area contributed by atoms with Crippen molar-refractivity contribution in [2.24, 2.45) is 0 Å². The number of halogens is 2. The first-order chi connectivity index (χ1) is 8.59. The summed E-state index contributed by atoms with van der Waals surface area (Å²) >= 11 is 3.33. The molecule has 0 fully saturated rings. The van der Waals surface area contributed by atoms with E-state index in [9.17, 15) is 8.42 Å². The fraction of sp³-hybridized carbons (Fsp3) is 0.0769. The SMILES string of the molecule is F.O=S(=O)(NC(Br)c1ccccc1)c1ccccc1. The Morgan fingerprint density at radius 3 is 1.89 bits per heavy atom. The number of alkyl halides is 1. The highest BCUT2D eigenvalue weighted by Crippen LogP contribution is 2.22. The number of benzene rings is 2. The quantitative estimate of drug-likeness (QED) is 0.683. The second-order valence-electron chi connectivity index (χ2n) is 3.71. The van der Waals surface area contributed by atoms with E-state index < -0.39 is 15.0 Å². The molecule has 1 N–H and O–H groups in total. The third-order valence-corrected chi connectivity index (χ3v) is 4.90. The molecule has 0 saturated heterocycles. The Morgan fingerprint density at radius 1 is 0.895 bits per heavy atom. The normalized spacial score (nSPS) is 12.5. The monoisotopic (exact) mass is 345 g/mol. The molecule has 0 aliphatic rings. The maximum atomic E-state index is 12.1. The Kier molecular flexibility index (Phi) is 5.65. The fourth-order valence-electron chi connectivity index (χ4n) is 1.49. The van der Waals surface area contributed by atoms with Gasteiger partial charge in [0.15, 0.2) is 0 Å². The van der Waals surface area contributed by atoms with Crippen LogP contribution in [0.1, 0.15) is 10.5 Å². The smallest absolute Gasteiger partial charge is 0.241 e. The minimum absolute atomic E-state index is 0. The van der Waals surface area contributed by atoms with Gasteiger partial charge in [0.1, 0.15) is 4.95 Å². The number of hydrogen-bond acceptors (Lipinski definition) is 2. The molecule has 2 aromatic rings. The van der Waals surface area contributed by atoms with Crippen molar-refractivity contribution in [3.8, 4) is 0 Å². The molecule has 3 nitrogen and oxygen atoms in total. The van der Waals surface area contributed by atoms with Crippen molar-refractivity contribution in [3.63, 3.8) is 0 Å². The highest BCUT2D eigenvalue weighted by Gasteiger charge is 2.18. The second-order valence-corrected chi connectivity index (χ2v) is 6.34. The van der Waals surface area contributed by atoms with Crippen molar-refractivity contribution in [1.82, 2.24) is 4.72 Å². The van der Waals surface area contributed by atoms with Crippen molar-refractivity contribution >= 4 is 26.0 Å². The van der Waals surface area contributed by atoms with Gasteiger partial charge in [-0.1, -0.05) is 64.5 Å². The van der Waals surface area contributed by atoms with Crippen LogP contribution in [0.3, 0.4) is 0 Å². The average molecular weight is 346 g/mol. The molecule has 0 aromatic heterocycles. The van der Waals surface area contributed by atoms with Gasteiger partial charge < -0.3 is 0 Å². The molecular formula is C13H13BrFNO2S. The van der Waals surface area contributed by atoms with E-state index in [4.69, 9.17) is 0 Å². The molecule has 1 unspecified atom stereocenters. The number of hydrogen-bond donors (Lipinski definition) is 1. The Balaban J connectivity index is 0.00000180. The zero-order valence-corrected chi connectivity index (χ0v) is 12.3. The van der Waals surface area contributed by atoms with Crippen LogP contribution in [-0.2, 0) is 10.0 Å². The summed E-state index contributed by atoms with van der Waals surface area (Å²) in [6, 6.07) is 17.6. The summed E-state index contributed by atoms with van der Waals surface area (Å²) in [5, 5.41) is 0. The lowest BCUT2D eigenvalue weighted by Gasteiger charge is -2.13. The summed E-state index contributed by atoms with van der Waals surface area (Å²) in [5.41, 5.74) is 0.858. The Morgan fingerprint density at radius 2 is 1.37 bits per heavy atom. The van der Waals surface area contributed by atoms with Gasteiger partial charge in [0.2, 0.25) is 10.0 Å². The molecule has 0 spiro atoms. The van der Waals surface area contributed by atoms with Crippen LogP contribution in [0.4, 0.5) is 4.70 Å². The van der Waals surface area contributed by atoms with Crippen LogP contribution >= 0.6 is 15.9 Å². The second kappa shape index (κ2) is 6.79. The van der Waals surface area contributed by atoms with Crippen LogP contribution in [0.15, 0.2) is 65.6 Å². The van der Waals surface area contributed by atoms with Gasteiger partial charge in [-0.25, -0.2) is 8.42 Å². The van der Waals surface area contributed by atoms with Crippen LogP contribution in [0.25, 0.3) is 0 Å². The standard InChI is InChI=1S/C13H12BrNO2S.FH/c14-13(11-7-3-1-4-8-11)15-18(16,17)12-9-5-2-6-10-12;/h1-10,13,15H;1H. The summed E-state index contributed by atoms with van der Waals surface area (Å²) in [6.07, 6.45) is 0. The van der Waals surface area contributed by atoms with E-state index in [0.29, 0.717) is 0 Å². The first kappa shape index (κ1) is 15.8. The van der Waals surface area contributed by atoms with Gasteiger partial charge in [-0.15, -0.1) is 0 Å². The predicted octanol–water partition coefficient (Wildman–Crippen LogP) is 3.21. The van der Waals surface area contributed by atoms with Crippen LogP contribution in [-0.4, -0.2) is 8.42 Å². The number of rotatable bonds is 4. The minimum atomic E-state index is -3.50. The Labute approximate surface area is 120 Å². The minimum Gasteiger partial charge on any atom is -0.269 e. The topological polar surface area (TPSA) is 46.2 Å². The summed E-state index contributed by atoms with van der Waals surface area (Å²) in [4.78, 5) is -0.186. The van der Waals surface area contributed by atoms with Crippen LogP contribution in [0.2, 0.25) is 0 Å². The third kappa shape index (κ3) is 4.12. The first-order valence-electron chi connectivity index (χ1n) is 5.36. The van der Waals surface area contributed by atoms with Crippen molar-refractivity contribution in [3.05, 3.63) is 66.2 Å². The van der Waals surface area contributed by atoms with Crippen molar-refractivity contribution < 1.29 is 13.1 Å². The van der Waals surface area contributed by atoms with Crippen LogP contribution in [0.5, 0.6) is 0 Å². The van der Waals surface area contributed by atoms with E-state index in [2.05, 4.69) is 20.7 Å². The molecule has 0 amide bonds. The van der Waals surface area contributed by atoms with Crippen LogP contribution in [0, 0.1) is 0 Å². The van der Waals surface area contributed by atoms with Crippen molar-refractivity contribution in [1.29, 1.82) is 0 Å². The molecule has 0 aliphatic heterocycles. The van der Waals surface area contributed by atoms with Crippen molar-refractivity contribution in [2.45, 2.75) is 9.85 Å². The van der Waals surface area contributed by atoms with Gasteiger partial charge in [0.25, 0.3) is 0 Å². The maximum absolute atomic E-state index is 12.1. The molecule has 102 valence electrons. The van der Waals surface area contributed by atoms with E-state index in [1.807, 2.05) is 30.3 Å². The predicted molar refractivity (Wildman–Crippen MR) is 77.4 cm³/mol. The van der Waals surface area contributed by atoms with Crippen LogP contribution < -0.4 is 4.72 Å². The molecular weight excluding hydrogens is 333 g/mol. The Bertz CT molecular complexity index is 605. The molecule has 0 aliphatic carbocycles. The zero-order valence-electron chi connectivity index (χ0n) is 9.86. The van der Waals surface area contributed by atoms with E-state index in [1.54, 1.807) is 30.3 Å². The third-order valence-electron chi connectivity index (χ3n) is 2.40. The highest BCUT2D eigenvalue weighted by molar-refractivity contribution is 9.09. The molecule has 2 aromatic carbocycles. The fourth-order valence-corrected chi connectivity index (χ4v) is 3.60. The molecule has 2 rings (SSSR count). The van der Waals surface area contributed by atoms with E-state index in [0.717, 1.165) is 5.56 Å². The summed E-state index contributed by atoms with van der Waals surface area (Å²) in [5.74, 6) is 0. The molecule has 0 bridgehead atoms. The lowest BCUT2D eigenvalue weighted by atomic mass is 10.2. The van der Waals surface area contributed by atoms with E-state index in [-0.39, 0.29) is 9.60 Å². The lowest BCUT2D eigenvalue weighted by Crippen LogP contribution is -2.25. The molecule has 6 heteroatoms. The van der Waals surface area contributed by atoms with Gasteiger partial charge >= 0.3 is 0 Å². The average Bonchev–Trinajstić information content (AvgIpc) is 2.40. The van der Waals surface area contributed by atoms with Gasteiger partial charge in [0, 0.05) is 0 Å². The number of nitrogens with one attached hydrogen (secondary N) is 1. The first-order valence-corrected chi connectivity index (χ1v) is 7.76. The molecule has 1 atom stereocenters. The molecule has 0 radical (unpaired) electrons. The lowest BCUT2D eigenvalue weighted by molar-refractivity contribution is 0.581. The zero-order chi connectivity index (χ0) is 13.0. The van der Waals surface area contributed by atoms with Gasteiger partial charge in [-0.3, -0.25) is 4.70 Å².